The lowest BCUT2D eigenvalue weighted by molar-refractivity contribution is 0.600. The highest BCUT2D eigenvalue weighted by Crippen LogP contribution is 2.05. The van der Waals surface area contributed by atoms with Gasteiger partial charge in [0.25, 0.3) is 0 Å². The smallest absolute Gasteiger partial charge is 0.151 e. The molecule has 0 aliphatic rings. The molecule has 1 aromatic rings. The summed E-state index contributed by atoms with van der Waals surface area (Å²) in [6, 6.07) is 3.31. The largest absolute Gasteiger partial charge is 0.369 e. The van der Waals surface area contributed by atoms with Gasteiger partial charge in [0.15, 0.2) is 5.15 Å². The van der Waals surface area contributed by atoms with E-state index in [4.69, 9.17) is 11.6 Å². The van der Waals surface area contributed by atoms with Crippen molar-refractivity contribution in [1.82, 2.24) is 10.2 Å². The lowest BCUT2D eigenvalue weighted by Crippen LogP contribution is -2.10. The molecule has 0 aliphatic heterocycles. The number of rotatable bonds is 5. The Balaban J connectivity index is 2.29. The number of aromatic nitrogens is 2. The number of anilines is 1. The Hall–Kier alpha value is -0.880. The van der Waals surface area contributed by atoms with E-state index in [1.807, 2.05) is 0 Å². The predicted octanol–water partition coefficient (Wildman–Crippen LogP) is 0.977. The lowest BCUT2D eigenvalue weighted by atomic mass is 10.4. The fourth-order valence-corrected chi connectivity index (χ4v) is 1.73. The minimum Gasteiger partial charge on any atom is -0.369 e. The molecule has 0 atom stereocenters. The van der Waals surface area contributed by atoms with Crippen LogP contribution in [0.15, 0.2) is 12.1 Å². The molecule has 84 valence electrons. The minimum atomic E-state index is -2.88. The zero-order chi connectivity index (χ0) is 11.3. The van der Waals surface area contributed by atoms with Crippen molar-refractivity contribution in [1.29, 1.82) is 0 Å². The summed E-state index contributed by atoms with van der Waals surface area (Å²) in [7, 11) is -2.88. The molecule has 5 nitrogen and oxygen atoms in total. The molecule has 0 spiro atoms. The third kappa shape index (κ3) is 5.54. The molecule has 0 fully saturated rings. The first-order chi connectivity index (χ1) is 6.97. The zero-order valence-corrected chi connectivity index (χ0v) is 9.85. The van der Waals surface area contributed by atoms with E-state index in [1.165, 1.54) is 6.26 Å². The van der Waals surface area contributed by atoms with E-state index in [0.29, 0.717) is 23.9 Å². The second-order valence-corrected chi connectivity index (χ2v) is 5.80. The van der Waals surface area contributed by atoms with Crippen LogP contribution in [0.3, 0.4) is 0 Å². The van der Waals surface area contributed by atoms with E-state index >= 15 is 0 Å². The first kappa shape index (κ1) is 12.2. The summed E-state index contributed by atoms with van der Waals surface area (Å²) in [4.78, 5) is 0. The first-order valence-electron chi connectivity index (χ1n) is 4.38. The van der Waals surface area contributed by atoms with Crippen molar-refractivity contribution >= 4 is 27.3 Å². The topological polar surface area (TPSA) is 72.0 Å². The Labute approximate surface area is 93.8 Å². The molecule has 1 heterocycles. The van der Waals surface area contributed by atoms with Crippen LogP contribution in [0.2, 0.25) is 5.15 Å². The Morgan fingerprint density at radius 3 is 2.67 bits per heavy atom. The van der Waals surface area contributed by atoms with Crippen molar-refractivity contribution in [2.45, 2.75) is 6.42 Å². The summed E-state index contributed by atoms with van der Waals surface area (Å²) in [5.74, 6) is 0.758. The molecule has 1 aromatic heterocycles. The average molecular weight is 250 g/mol. The minimum absolute atomic E-state index is 0.168. The van der Waals surface area contributed by atoms with Gasteiger partial charge >= 0.3 is 0 Å². The Kier molecular flexibility index (Phi) is 4.28. The molecule has 0 amide bonds. The molecular weight excluding hydrogens is 238 g/mol. The van der Waals surface area contributed by atoms with Crippen LogP contribution < -0.4 is 5.32 Å². The van der Waals surface area contributed by atoms with E-state index in [0.717, 1.165) is 0 Å². The maximum Gasteiger partial charge on any atom is 0.151 e. The van der Waals surface area contributed by atoms with Crippen molar-refractivity contribution in [2.75, 3.05) is 23.9 Å². The maximum absolute atomic E-state index is 10.8. The van der Waals surface area contributed by atoms with Gasteiger partial charge in [0.2, 0.25) is 0 Å². The van der Waals surface area contributed by atoms with Gasteiger partial charge in [-0.05, 0) is 18.6 Å². The second kappa shape index (κ2) is 5.27. The average Bonchev–Trinajstić information content (AvgIpc) is 2.14. The first-order valence-corrected chi connectivity index (χ1v) is 6.82. The van der Waals surface area contributed by atoms with Gasteiger partial charge in [0.1, 0.15) is 15.7 Å². The molecule has 1 rings (SSSR count). The molecule has 0 saturated heterocycles. The van der Waals surface area contributed by atoms with Gasteiger partial charge < -0.3 is 5.32 Å². The summed E-state index contributed by atoms with van der Waals surface area (Å²) in [5, 5.41) is 10.7. The molecular formula is C8H12ClN3O2S. The highest BCUT2D eigenvalue weighted by atomic mass is 35.5. The number of hydrogen-bond acceptors (Lipinski definition) is 5. The van der Waals surface area contributed by atoms with E-state index in [2.05, 4.69) is 15.5 Å². The number of nitrogens with one attached hydrogen (secondary N) is 1. The number of nitrogens with zero attached hydrogens (tertiary/aromatic N) is 2. The molecule has 0 aliphatic carbocycles. The highest BCUT2D eigenvalue weighted by Gasteiger charge is 2.01. The molecule has 0 aromatic carbocycles. The summed E-state index contributed by atoms with van der Waals surface area (Å²) >= 11 is 5.55. The van der Waals surface area contributed by atoms with Crippen LogP contribution in [0.1, 0.15) is 6.42 Å². The van der Waals surface area contributed by atoms with Gasteiger partial charge in [0.05, 0.1) is 5.75 Å². The third-order valence-electron chi connectivity index (χ3n) is 1.63. The lowest BCUT2D eigenvalue weighted by Gasteiger charge is -2.03. The molecule has 0 unspecified atom stereocenters. The van der Waals surface area contributed by atoms with Crippen molar-refractivity contribution in [3.8, 4) is 0 Å². The SMILES string of the molecule is CS(=O)(=O)CCCNc1ccc(Cl)nn1. The summed E-state index contributed by atoms with van der Waals surface area (Å²) in [6.07, 6.45) is 1.76. The van der Waals surface area contributed by atoms with Crippen molar-refractivity contribution < 1.29 is 8.42 Å². The van der Waals surface area contributed by atoms with Crippen LogP contribution in [-0.4, -0.2) is 37.2 Å². The quantitative estimate of drug-likeness (QED) is 0.788. The van der Waals surface area contributed by atoms with Gasteiger partial charge in [-0.25, -0.2) is 8.42 Å². The number of hydrogen-bond donors (Lipinski definition) is 1. The molecule has 0 radical (unpaired) electrons. The van der Waals surface area contributed by atoms with Crippen molar-refractivity contribution in [3.05, 3.63) is 17.3 Å². The zero-order valence-electron chi connectivity index (χ0n) is 8.27. The molecule has 1 N–H and O–H groups in total. The maximum atomic E-state index is 10.8. The van der Waals surface area contributed by atoms with Crippen LogP contribution in [0.5, 0.6) is 0 Å². The van der Waals surface area contributed by atoms with Gasteiger partial charge in [0, 0.05) is 12.8 Å². The highest BCUT2D eigenvalue weighted by molar-refractivity contribution is 7.90. The fraction of sp³-hybridized carbons (Fsp3) is 0.500. The Morgan fingerprint density at radius 2 is 2.13 bits per heavy atom. The molecule has 15 heavy (non-hydrogen) atoms. The van der Waals surface area contributed by atoms with Gasteiger partial charge in [-0.2, -0.15) is 0 Å². The van der Waals surface area contributed by atoms with Crippen LogP contribution >= 0.6 is 11.6 Å². The van der Waals surface area contributed by atoms with Gasteiger partial charge in [-0.3, -0.25) is 0 Å². The van der Waals surface area contributed by atoms with E-state index in [9.17, 15) is 8.42 Å². The van der Waals surface area contributed by atoms with Gasteiger partial charge in [-0.1, -0.05) is 11.6 Å². The second-order valence-electron chi connectivity index (χ2n) is 3.15. The molecule has 0 bridgehead atoms. The molecule has 7 heteroatoms. The Morgan fingerprint density at radius 1 is 1.40 bits per heavy atom. The Bertz CT molecular complexity index is 404. The van der Waals surface area contributed by atoms with Crippen LogP contribution in [0.25, 0.3) is 0 Å². The van der Waals surface area contributed by atoms with Crippen molar-refractivity contribution in [2.24, 2.45) is 0 Å². The van der Waals surface area contributed by atoms with Gasteiger partial charge in [-0.15, -0.1) is 10.2 Å². The standard InChI is InChI=1S/C8H12ClN3O2S/c1-15(13,14)6-2-5-10-8-4-3-7(9)11-12-8/h3-4H,2,5-6H2,1H3,(H,10,12). The fourth-order valence-electron chi connectivity index (χ4n) is 0.961. The molecule has 0 saturated carbocycles. The predicted molar refractivity (Wildman–Crippen MR) is 59.9 cm³/mol. The summed E-state index contributed by atoms with van der Waals surface area (Å²) < 4.78 is 21.6. The van der Waals surface area contributed by atoms with E-state index in [-0.39, 0.29) is 5.75 Å². The summed E-state index contributed by atoms with van der Waals surface area (Å²) in [5.41, 5.74) is 0. The van der Waals surface area contributed by atoms with E-state index < -0.39 is 9.84 Å². The number of halogens is 1. The van der Waals surface area contributed by atoms with E-state index in [1.54, 1.807) is 12.1 Å². The normalized spacial score (nSPS) is 11.3. The third-order valence-corrected chi connectivity index (χ3v) is 2.86. The number of sulfone groups is 1. The van der Waals surface area contributed by atoms with Crippen molar-refractivity contribution in [3.63, 3.8) is 0 Å². The summed E-state index contributed by atoms with van der Waals surface area (Å²) in [6.45, 7) is 0.545. The van der Waals surface area contributed by atoms with Crippen LogP contribution in [0.4, 0.5) is 5.82 Å². The van der Waals surface area contributed by atoms with Crippen LogP contribution in [-0.2, 0) is 9.84 Å². The monoisotopic (exact) mass is 249 g/mol. The van der Waals surface area contributed by atoms with Crippen LogP contribution in [0, 0.1) is 0 Å².